The van der Waals surface area contributed by atoms with E-state index in [0.717, 1.165) is 0 Å². The largest absolute Gasteiger partial charge is 0.375 e. The molecule has 68 valence electrons. The average Bonchev–Trinajstić information content (AvgIpc) is 2.55. The van der Waals surface area contributed by atoms with Crippen LogP contribution in [0.25, 0.3) is 0 Å². The van der Waals surface area contributed by atoms with Crippen molar-refractivity contribution in [3.63, 3.8) is 0 Å². The van der Waals surface area contributed by atoms with Crippen LogP contribution in [0.15, 0.2) is 11.8 Å². The van der Waals surface area contributed by atoms with Crippen molar-refractivity contribution in [2.24, 2.45) is 5.41 Å². The monoisotopic (exact) mass is 165 g/mol. The lowest BCUT2D eigenvalue weighted by atomic mass is 9.90. The van der Waals surface area contributed by atoms with Gasteiger partial charge in [0, 0.05) is 18.8 Å². The minimum atomic E-state index is 0.540. The van der Waals surface area contributed by atoms with Crippen molar-refractivity contribution in [1.29, 1.82) is 0 Å². The fraction of sp³-hybridized carbons (Fsp3) is 0.818. The maximum absolute atomic E-state index is 2.58. The van der Waals surface area contributed by atoms with Crippen LogP contribution in [-0.4, -0.2) is 18.0 Å². The van der Waals surface area contributed by atoms with Gasteiger partial charge in [-0.2, -0.15) is 0 Å². The molecule has 1 heteroatoms. The van der Waals surface area contributed by atoms with E-state index in [1.54, 1.807) is 5.70 Å². The number of nitrogens with zero attached hydrogens (tertiary/aromatic N) is 1. The Bertz CT molecular complexity index is 197. The molecule has 12 heavy (non-hydrogen) atoms. The molecule has 0 atom stereocenters. The maximum atomic E-state index is 2.58. The molecule has 1 nitrogen and oxygen atoms in total. The van der Waals surface area contributed by atoms with Crippen LogP contribution in [0.5, 0.6) is 0 Å². The average molecular weight is 165 g/mol. The van der Waals surface area contributed by atoms with Gasteiger partial charge in [0.25, 0.3) is 0 Å². The standard InChI is InChI=1S/C11H19N/c1-11(2)6-5-10(9-11)12-7-3-4-8-12/h5H,3-4,6-9H2,1-2H3. The zero-order valence-corrected chi connectivity index (χ0v) is 8.27. The van der Waals surface area contributed by atoms with Gasteiger partial charge in [-0.1, -0.05) is 19.9 Å². The fourth-order valence-electron chi connectivity index (χ4n) is 2.27. The van der Waals surface area contributed by atoms with Crippen molar-refractivity contribution < 1.29 is 0 Å². The van der Waals surface area contributed by atoms with Gasteiger partial charge < -0.3 is 4.90 Å². The van der Waals surface area contributed by atoms with Gasteiger partial charge in [-0.05, 0) is 31.1 Å². The Labute approximate surface area is 75.4 Å². The van der Waals surface area contributed by atoms with Gasteiger partial charge in [-0.3, -0.25) is 0 Å². The van der Waals surface area contributed by atoms with Gasteiger partial charge in [0.05, 0.1) is 0 Å². The molecule has 1 saturated heterocycles. The lowest BCUT2D eigenvalue weighted by Crippen LogP contribution is -2.19. The first kappa shape index (κ1) is 8.15. The molecule has 0 aromatic carbocycles. The molecule has 0 aromatic heterocycles. The van der Waals surface area contributed by atoms with Crippen molar-refractivity contribution in [3.05, 3.63) is 11.8 Å². The molecule has 2 aliphatic rings. The molecule has 0 unspecified atom stereocenters. The van der Waals surface area contributed by atoms with Crippen molar-refractivity contribution >= 4 is 0 Å². The summed E-state index contributed by atoms with van der Waals surface area (Å²) in [7, 11) is 0. The van der Waals surface area contributed by atoms with E-state index in [1.807, 2.05) is 0 Å². The SMILES string of the molecule is CC1(C)CC=C(N2CCCC2)C1. The second-order valence-corrected chi connectivity index (χ2v) is 4.93. The Kier molecular flexibility index (Phi) is 1.90. The Morgan fingerprint density at radius 1 is 1.25 bits per heavy atom. The third-order valence-corrected chi connectivity index (χ3v) is 3.06. The van der Waals surface area contributed by atoms with Crippen molar-refractivity contribution in [1.82, 2.24) is 4.90 Å². The fourth-order valence-corrected chi connectivity index (χ4v) is 2.27. The third kappa shape index (κ3) is 1.50. The molecule has 0 saturated carbocycles. The molecule has 1 fully saturated rings. The van der Waals surface area contributed by atoms with Gasteiger partial charge in [0.1, 0.15) is 0 Å². The van der Waals surface area contributed by atoms with Crippen LogP contribution in [0.4, 0.5) is 0 Å². The normalized spacial score (nSPS) is 27.8. The van der Waals surface area contributed by atoms with E-state index in [2.05, 4.69) is 24.8 Å². The van der Waals surface area contributed by atoms with Gasteiger partial charge >= 0.3 is 0 Å². The molecule has 1 aliphatic carbocycles. The van der Waals surface area contributed by atoms with Crippen LogP contribution in [0.3, 0.4) is 0 Å². The van der Waals surface area contributed by atoms with E-state index >= 15 is 0 Å². The number of likely N-dealkylation sites (tertiary alicyclic amines) is 1. The van der Waals surface area contributed by atoms with Crippen molar-refractivity contribution in [3.8, 4) is 0 Å². The lowest BCUT2D eigenvalue weighted by molar-refractivity contribution is 0.340. The Morgan fingerprint density at radius 3 is 2.42 bits per heavy atom. The first-order chi connectivity index (χ1) is 5.67. The van der Waals surface area contributed by atoms with E-state index in [-0.39, 0.29) is 0 Å². The predicted octanol–water partition coefficient (Wildman–Crippen LogP) is 2.79. The summed E-state index contributed by atoms with van der Waals surface area (Å²) in [6.45, 7) is 7.35. The van der Waals surface area contributed by atoms with E-state index in [9.17, 15) is 0 Å². The maximum Gasteiger partial charge on any atom is 0.0175 e. The molecule has 2 rings (SSSR count). The summed E-state index contributed by atoms with van der Waals surface area (Å²) >= 11 is 0. The molecule has 0 spiro atoms. The third-order valence-electron chi connectivity index (χ3n) is 3.06. The summed E-state index contributed by atoms with van der Waals surface area (Å²) < 4.78 is 0. The summed E-state index contributed by atoms with van der Waals surface area (Å²) in [4.78, 5) is 2.58. The zero-order chi connectivity index (χ0) is 8.60. The van der Waals surface area contributed by atoms with Crippen molar-refractivity contribution in [2.45, 2.75) is 39.5 Å². The Morgan fingerprint density at radius 2 is 1.92 bits per heavy atom. The molecule has 0 bridgehead atoms. The summed E-state index contributed by atoms with van der Waals surface area (Å²) in [6.07, 6.45) is 7.83. The van der Waals surface area contributed by atoms with Crippen LogP contribution in [0.2, 0.25) is 0 Å². The van der Waals surface area contributed by atoms with Crippen LogP contribution in [0, 0.1) is 5.41 Å². The molecule has 0 radical (unpaired) electrons. The molecule has 0 aromatic rings. The van der Waals surface area contributed by atoms with E-state index < -0.39 is 0 Å². The topological polar surface area (TPSA) is 3.24 Å². The zero-order valence-electron chi connectivity index (χ0n) is 8.27. The molecule has 0 amide bonds. The summed E-state index contributed by atoms with van der Waals surface area (Å²) in [5, 5.41) is 0. The Hall–Kier alpha value is -0.460. The molecule has 1 heterocycles. The molecular formula is C11H19N. The highest BCUT2D eigenvalue weighted by molar-refractivity contribution is 5.13. The van der Waals surface area contributed by atoms with Gasteiger partial charge in [0.2, 0.25) is 0 Å². The minimum absolute atomic E-state index is 0.540. The number of rotatable bonds is 1. The van der Waals surface area contributed by atoms with Crippen LogP contribution >= 0.6 is 0 Å². The van der Waals surface area contributed by atoms with Crippen LogP contribution < -0.4 is 0 Å². The van der Waals surface area contributed by atoms with E-state index in [1.165, 1.54) is 38.8 Å². The highest BCUT2D eigenvalue weighted by Crippen LogP contribution is 2.38. The van der Waals surface area contributed by atoms with Gasteiger partial charge in [-0.25, -0.2) is 0 Å². The minimum Gasteiger partial charge on any atom is -0.375 e. The van der Waals surface area contributed by atoms with E-state index in [4.69, 9.17) is 0 Å². The summed E-state index contributed by atoms with van der Waals surface area (Å²) in [5.41, 5.74) is 2.16. The second-order valence-electron chi connectivity index (χ2n) is 4.93. The smallest absolute Gasteiger partial charge is 0.0175 e. The lowest BCUT2D eigenvalue weighted by Gasteiger charge is -2.23. The van der Waals surface area contributed by atoms with Gasteiger partial charge in [-0.15, -0.1) is 0 Å². The predicted molar refractivity (Wildman–Crippen MR) is 51.9 cm³/mol. The number of hydrogen-bond donors (Lipinski definition) is 0. The first-order valence-electron chi connectivity index (χ1n) is 5.11. The van der Waals surface area contributed by atoms with Crippen molar-refractivity contribution in [2.75, 3.05) is 13.1 Å². The quantitative estimate of drug-likeness (QED) is 0.577. The van der Waals surface area contributed by atoms with Crippen LogP contribution in [-0.2, 0) is 0 Å². The van der Waals surface area contributed by atoms with E-state index in [0.29, 0.717) is 5.41 Å². The molecule has 1 aliphatic heterocycles. The van der Waals surface area contributed by atoms with Crippen LogP contribution in [0.1, 0.15) is 39.5 Å². The molecule has 0 N–H and O–H groups in total. The number of allylic oxidation sites excluding steroid dienone is 2. The first-order valence-corrected chi connectivity index (χ1v) is 5.11. The second kappa shape index (κ2) is 2.79. The summed E-state index contributed by atoms with van der Waals surface area (Å²) in [6, 6.07) is 0. The Balaban J connectivity index is 1.98. The van der Waals surface area contributed by atoms with Gasteiger partial charge in [0.15, 0.2) is 0 Å². The highest BCUT2D eigenvalue weighted by atomic mass is 15.2. The molecular weight excluding hydrogens is 146 g/mol. The number of hydrogen-bond acceptors (Lipinski definition) is 1. The highest BCUT2D eigenvalue weighted by Gasteiger charge is 2.28. The summed E-state index contributed by atoms with van der Waals surface area (Å²) in [5.74, 6) is 0.